The summed E-state index contributed by atoms with van der Waals surface area (Å²) in [7, 11) is 0. The van der Waals surface area contributed by atoms with Crippen LogP contribution in [0.2, 0.25) is 0 Å². The van der Waals surface area contributed by atoms with E-state index in [0.29, 0.717) is 5.92 Å². The summed E-state index contributed by atoms with van der Waals surface area (Å²) in [5.74, 6) is 1.36. The van der Waals surface area contributed by atoms with Gasteiger partial charge >= 0.3 is 0 Å². The summed E-state index contributed by atoms with van der Waals surface area (Å²) in [6.45, 7) is 7.00. The molecule has 0 unspecified atom stereocenters. The second-order valence-electron chi connectivity index (χ2n) is 6.37. The van der Waals surface area contributed by atoms with Gasteiger partial charge in [-0.2, -0.15) is 0 Å². The minimum Gasteiger partial charge on any atom is -0.325 e. The smallest absolute Gasteiger partial charge is 0.234 e. The Bertz CT molecular complexity index is 908. The molecule has 0 aliphatic rings. The predicted octanol–water partition coefficient (Wildman–Crippen LogP) is 4.21. The van der Waals surface area contributed by atoms with Gasteiger partial charge in [-0.05, 0) is 36.6 Å². The molecule has 7 heteroatoms. The number of amides is 1. The SMILES string of the molecule is CCn1c(SCC(=O)Nc2ccccc2C(C)C)nnc1-c1ccncc1. The van der Waals surface area contributed by atoms with Gasteiger partial charge in [-0.15, -0.1) is 10.2 Å². The third kappa shape index (κ3) is 4.54. The number of carbonyl (C=O) groups is 1. The average molecular weight is 382 g/mol. The third-order valence-corrected chi connectivity index (χ3v) is 5.13. The number of aromatic nitrogens is 4. The zero-order valence-corrected chi connectivity index (χ0v) is 16.5. The summed E-state index contributed by atoms with van der Waals surface area (Å²) in [5, 5.41) is 12.3. The zero-order valence-electron chi connectivity index (χ0n) is 15.7. The van der Waals surface area contributed by atoms with Crippen molar-refractivity contribution in [2.24, 2.45) is 0 Å². The molecular weight excluding hydrogens is 358 g/mol. The van der Waals surface area contributed by atoms with Crippen molar-refractivity contribution in [2.45, 2.75) is 38.4 Å². The van der Waals surface area contributed by atoms with E-state index < -0.39 is 0 Å². The Labute approximate surface area is 163 Å². The van der Waals surface area contributed by atoms with E-state index in [2.05, 4.69) is 34.3 Å². The summed E-state index contributed by atoms with van der Waals surface area (Å²) in [4.78, 5) is 16.5. The minimum atomic E-state index is -0.0517. The average Bonchev–Trinajstić information content (AvgIpc) is 3.10. The molecule has 0 bridgehead atoms. The van der Waals surface area contributed by atoms with Crippen molar-refractivity contribution in [3.05, 3.63) is 54.4 Å². The van der Waals surface area contributed by atoms with E-state index >= 15 is 0 Å². The van der Waals surface area contributed by atoms with Gasteiger partial charge in [0, 0.05) is 30.2 Å². The fourth-order valence-electron chi connectivity index (χ4n) is 2.83. The summed E-state index contributed by atoms with van der Waals surface area (Å²) in [6, 6.07) is 11.7. The predicted molar refractivity (Wildman–Crippen MR) is 109 cm³/mol. The number of nitrogens with one attached hydrogen (secondary N) is 1. The van der Waals surface area contributed by atoms with Gasteiger partial charge in [0.1, 0.15) is 0 Å². The van der Waals surface area contributed by atoms with Crippen LogP contribution < -0.4 is 5.32 Å². The summed E-state index contributed by atoms with van der Waals surface area (Å²) >= 11 is 1.39. The van der Waals surface area contributed by atoms with E-state index in [0.717, 1.165) is 34.3 Å². The van der Waals surface area contributed by atoms with Crippen LogP contribution in [0.25, 0.3) is 11.4 Å². The highest BCUT2D eigenvalue weighted by atomic mass is 32.2. The Morgan fingerprint density at radius 3 is 2.59 bits per heavy atom. The molecule has 1 N–H and O–H groups in total. The normalized spacial score (nSPS) is 11.0. The maximum Gasteiger partial charge on any atom is 0.234 e. The van der Waals surface area contributed by atoms with Crippen LogP contribution in [-0.2, 0) is 11.3 Å². The van der Waals surface area contributed by atoms with Crippen molar-refractivity contribution in [1.29, 1.82) is 0 Å². The van der Waals surface area contributed by atoms with Gasteiger partial charge in [0.25, 0.3) is 0 Å². The highest BCUT2D eigenvalue weighted by Gasteiger charge is 2.15. The van der Waals surface area contributed by atoms with Crippen molar-refractivity contribution in [1.82, 2.24) is 19.7 Å². The van der Waals surface area contributed by atoms with E-state index in [-0.39, 0.29) is 11.7 Å². The Kier molecular flexibility index (Phi) is 6.24. The number of rotatable bonds is 7. The maximum atomic E-state index is 12.4. The number of para-hydroxylation sites is 1. The molecule has 0 aliphatic carbocycles. The Morgan fingerprint density at radius 1 is 1.15 bits per heavy atom. The Balaban J connectivity index is 1.69. The first-order chi connectivity index (χ1) is 13.1. The third-order valence-electron chi connectivity index (χ3n) is 4.16. The Morgan fingerprint density at radius 2 is 1.89 bits per heavy atom. The number of thioether (sulfide) groups is 1. The van der Waals surface area contributed by atoms with E-state index in [4.69, 9.17) is 0 Å². The lowest BCUT2D eigenvalue weighted by atomic mass is 10.0. The maximum absolute atomic E-state index is 12.4. The quantitative estimate of drug-likeness (QED) is 0.621. The van der Waals surface area contributed by atoms with Crippen LogP contribution in [0.3, 0.4) is 0 Å². The van der Waals surface area contributed by atoms with E-state index in [1.54, 1.807) is 12.4 Å². The molecule has 140 valence electrons. The summed E-state index contributed by atoms with van der Waals surface area (Å²) in [5.41, 5.74) is 2.96. The highest BCUT2D eigenvalue weighted by Crippen LogP contribution is 2.26. The number of carbonyl (C=O) groups excluding carboxylic acids is 1. The molecule has 2 heterocycles. The van der Waals surface area contributed by atoms with Crippen LogP contribution in [0.5, 0.6) is 0 Å². The molecule has 27 heavy (non-hydrogen) atoms. The fourth-order valence-corrected chi connectivity index (χ4v) is 3.63. The minimum absolute atomic E-state index is 0.0517. The van der Waals surface area contributed by atoms with Crippen LogP contribution in [0.1, 0.15) is 32.3 Å². The van der Waals surface area contributed by atoms with Gasteiger partial charge in [0.05, 0.1) is 5.75 Å². The molecule has 3 aromatic rings. The standard InChI is InChI=1S/C20H23N5OS/c1-4-25-19(15-9-11-21-12-10-15)23-24-20(25)27-13-18(26)22-17-8-6-5-7-16(17)14(2)3/h5-12,14H,4,13H2,1-3H3,(H,22,26). The molecule has 0 atom stereocenters. The molecule has 1 aromatic carbocycles. The molecule has 0 saturated heterocycles. The van der Waals surface area contributed by atoms with Crippen LogP contribution in [0, 0.1) is 0 Å². The largest absolute Gasteiger partial charge is 0.325 e. The zero-order chi connectivity index (χ0) is 19.2. The molecule has 0 spiro atoms. The van der Waals surface area contributed by atoms with Gasteiger partial charge in [0.15, 0.2) is 11.0 Å². The molecule has 2 aromatic heterocycles. The van der Waals surface area contributed by atoms with E-state index in [1.165, 1.54) is 11.8 Å². The van der Waals surface area contributed by atoms with Crippen molar-refractivity contribution in [3.8, 4) is 11.4 Å². The summed E-state index contributed by atoms with van der Waals surface area (Å²) < 4.78 is 2.01. The van der Waals surface area contributed by atoms with Gasteiger partial charge in [-0.1, -0.05) is 43.8 Å². The van der Waals surface area contributed by atoms with Gasteiger partial charge in [0.2, 0.25) is 5.91 Å². The highest BCUT2D eigenvalue weighted by molar-refractivity contribution is 7.99. The lowest BCUT2D eigenvalue weighted by molar-refractivity contribution is -0.113. The lowest BCUT2D eigenvalue weighted by Crippen LogP contribution is -2.16. The number of anilines is 1. The lowest BCUT2D eigenvalue weighted by Gasteiger charge is -2.13. The fraction of sp³-hybridized carbons (Fsp3) is 0.300. The van der Waals surface area contributed by atoms with E-state index in [1.807, 2.05) is 47.9 Å². The number of hydrogen-bond acceptors (Lipinski definition) is 5. The first kappa shape index (κ1) is 19.1. The molecule has 0 aliphatic heterocycles. The second-order valence-corrected chi connectivity index (χ2v) is 7.31. The molecule has 3 rings (SSSR count). The topological polar surface area (TPSA) is 72.7 Å². The molecule has 0 radical (unpaired) electrons. The van der Waals surface area contributed by atoms with Crippen molar-refractivity contribution >= 4 is 23.4 Å². The molecule has 0 fully saturated rings. The number of nitrogens with zero attached hydrogens (tertiary/aromatic N) is 4. The summed E-state index contributed by atoms with van der Waals surface area (Å²) in [6.07, 6.45) is 3.47. The van der Waals surface area contributed by atoms with Crippen LogP contribution >= 0.6 is 11.8 Å². The second kappa shape index (κ2) is 8.81. The van der Waals surface area contributed by atoms with Crippen molar-refractivity contribution in [3.63, 3.8) is 0 Å². The Hall–Kier alpha value is -2.67. The first-order valence-corrected chi connectivity index (χ1v) is 9.93. The molecule has 6 nitrogen and oxygen atoms in total. The van der Waals surface area contributed by atoms with Crippen molar-refractivity contribution in [2.75, 3.05) is 11.1 Å². The van der Waals surface area contributed by atoms with Gasteiger partial charge in [-0.25, -0.2) is 0 Å². The van der Waals surface area contributed by atoms with Gasteiger partial charge in [-0.3, -0.25) is 9.78 Å². The number of hydrogen-bond donors (Lipinski definition) is 1. The molecular formula is C20H23N5OS. The first-order valence-electron chi connectivity index (χ1n) is 8.95. The van der Waals surface area contributed by atoms with Crippen LogP contribution in [-0.4, -0.2) is 31.4 Å². The number of pyridine rings is 1. The van der Waals surface area contributed by atoms with Crippen molar-refractivity contribution < 1.29 is 4.79 Å². The van der Waals surface area contributed by atoms with Gasteiger partial charge < -0.3 is 9.88 Å². The van der Waals surface area contributed by atoms with E-state index in [9.17, 15) is 4.79 Å². The van der Waals surface area contributed by atoms with Crippen LogP contribution in [0.15, 0.2) is 53.9 Å². The molecule has 1 amide bonds. The number of benzene rings is 1. The monoisotopic (exact) mass is 381 g/mol. The molecule has 0 saturated carbocycles. The van der Waals surface area contributed by atoms with Crippen LogP contribution in [0.4, 0.5) is 5.69 Å².